The molecule has 0 bridgehead atoms. The van der Waals surface area contributed by atoms with Gasteiger partial charge in [-0.2, -0.15) is 13.2 Å². The second-order valence-electron chi connectivity index (χ2n) is 29.4. The van der Waals surface area contributed by atoms with Crippen molar-refractivity contribution in [1.29, 1.82) is 0 Å². The largest absolute Gasteiger partial charge is 0.417 e. The SMILES string of the molecule is CC[C@H](C)C1NC(=O)[C@H](CC(C)C)N(C)C(=O)C[C@@H](C(=O)N2CCCCC2)N(C)C(=O)[C@H](C2CCCCC2)N(C)C(=O)CCCCNC(=O)[C@@H]2CCCN2C(=O)[C@H](CCc2ccc(C(F)(F)F)c(Cl)c2)NC(=O)CN(CC)C(=O)[C@H](CC2CCCCC2)N(C)C(=O)CN(C)C(=O)CN(C)C1=O. The maximum atomic E-state index is 15.4. The lowest BCUT2D eigenvalue weighted by molar-refractivity contribution is -0.155. The van der Waals surface area contributed by atoms with E-state index in [1.807, 2.05) is 20.8 Å². The van der Waals surface area contributed by atoms with Crippen molar-refractivity contribution in [1.82, 2.24) is 60.0 Å². The van der Waals surface area contributed by atoms with Crippen LogP contribution in [-0.4, -0.2) is 252 Å². The molecule has 24 nitrogen and oxygen atoms in total. The summed E-state index contributed by atoms with van der Waals surface area (Å²) in [5.41, 5.74) is -0.723. The summed E-state index contributed by atoms with van der Waals surface area (Å²) in [7, 11) is 8.76. The molecule has 0 aromatic heterocycles. The third kappa shape index (κ3) is 23.0. The van der Waals surface area contributed by atoms with E-state index in [0.29, 0.717) is 50.8 Å². The molecule has 5 aliphatic rings. The van der Waals surface area contributed by atoms with Crippen LogP contribution in [0.5, 0.6) is 0 Å². The molecule has 101 heavy (non-hydrogen) atoms. The molecule has 1 aromatic rings. The summed E-state index contributed by atoms with van der Waals surface area (Å²) < 4.78 is 41.4. The molecule has 566 valence electrons. The number of carbonyl (C=O) groups excluding carboxylic acids is 12. The van der Waals surface area contributed by atoms with Crippen LogP contribution in [0.25, 0.3) is 0 Å². The van der Waals surface area contributed by atoms with Crippen LogP contribution in [0, 0.1) is 23.7 Å². The highest BCUT2D eigenvalue weighted by Gasteiger charge is 2.45. The van der Waals surface area contributed by atoms with Gasteiger partial charge in [0.05, 0.1) is 36.6 Å². The molecule has 3 heterocycles. The fourth-order valence-corrected chi connectivity index (χ4v) is 15.3. The Balaban J connectivity index is 1.35. The Labute approximate surface area is 600 Å². The van der Waals surface area contributed by atoms with Crippen molar-refractivity contribution >= 4 is 82.5 Å². The van der Waals surface area contributed by atoms with Crippen molar-refractivity contribution in [3.63, 3.8) is 0 Å². The number of hydrogen-bond acceptors (Lipinski definition) is 12. The third-order valence-electron chi connectivity index (χ3n) is 21.6. The van der Waals surface area contributed by atoms with E-state index in [9.17, 15) is 65.9 Å². The predicted molar refractivity (Wildman–Crippen MR) is 376 cm³/mol. The zero-order valence-electron chi connectivity index (χ0n) is 61.6. The van der Waals surface area contributed by atoms with Crippen LogP contribution in [0.15, 0.2) is 18.2 Å². The molecule has 1 unspecified atom stereocenters. The van der Waals surface area contributed by atoms with Crippen LogP contribution in [-0.2, 0) is 70.1 Å². The number of piperidine rings is 1. The fourth-order valence-electron chi connectivity index (χ4n) is 14.9. The number of nitrogens with zero attached hydrogens (tertiary/aromatic N) is 9. The van der Waals surface area contributed by atoms with E-state index in [4.69, 9.17) is 11.6 Å². The van der Waals surface area contributed by atoms with Gasteiger partial charge in [0.2, 0.25) is 70.9 Å². The van der Waals surface area contributed by atoms with Crippen molar-refractivity contribution in [2.75, 3.05) is 94.6 Å². The lowest BCUT2D eigenvalue weighted by atomic mass is 9.82. The molecule has 12 amide bonds. The Morgan fingerprint density at radius 3 is 1.85 bits per heavy atom. The van der Waals surface area contributed by atoms with Gasteiger partial charge in [0, 0.05) is 81.4 Å². The Morgan fingerprint density at radius 1 is 0.614 bits per heavy atom. The highest BCUT2D eigenvalue weighted by atomic mass is 35.5. The molecule has 8 atom stereocenters. The monoisotopic (exact) mass is 1440 g/mol. The summed E-state index contributed by atoms with van der Waals surface area (Å²) in [5.74, 6) is -7.80. The lowest BCUT2D eigenvalue weighted by Crippen LogP contribution is -2.60. The number of nitrogens with one attached hydrogen (secondary N) is 3. The van der Waals surface area contributed by atoms with Crippen molar-refractivity contribution < 1.29 is 70.7 Å². The van der Waals surface area contributed by atoms with Gasteiger partial charge in [0.25, 0.3) is 0 Å². The van der Waals surface area contributed by atoms with E-state index < -0.39 is 156 Å². The van der Waals surface area contributed by atoms with Gasteiger partial charge in [0.15, 0.2) is 0 Å². The molecule has 6 rings (SSSR count). The van der Waals surface area contributed by atoms with E-state index >= 15 is 4.79 Å². The predicted octanol–water partition coefficient (Wildman–Crippen LogP) is 6.67. The Bertz CT molecular complexity index is 3050. The average Bonchev–Trinajstić information content (AvgIpc) is 1.66. The number of benzene rings is 1. The number of aryl methyl sites for hydroxylation is 1. The number of carbonyl (C=O) groups is 12. The molecule has 0 spiro atoms. The van der Waals surface area contributed by atoms with E-state index in [0.717, 1.165) is 92.6 Å². The number of halogens is 4. The highest BCUT2D eigenvalue weighted by Crippen LogP contribution is 2.36. The molecule has 28 heteroatoms. The summed E-state index contributed by atoms with van der Waals surface area (Å²) in [6.45, 7) is 8.44. The van der Waals surface area contributed by atoms with Crippen molar-refractivity contribution in [3.05, 3.63) is 34.3 Å². The number of likely N-dealkylation sites (tertiary alicyclic amines) is 1. The molecule has 5 fully saturated rings. The second-order valence-corrected chi connectivity index (χ2v) is 29.8. The highest BCUT2D eigenvalue weighted by molar-refractivity contribution is 6.31. The van der Waals surface area contributed by atoms with Gasteiger partial charge in [0.1, 0.15) is 42.3 Å². The molecule has 2 aliphatic carbocycles. The minimum Gasteiger partial charge on any atom is -0.354 e. The van der Waals surface area contributed by atoms with Crippen LogP contribution in [0.2, 0.25) is 5.02 Å². The Hall–Kier alpha value is -7.06. The average molecular weight is 1440 g/mol. The van der Waals surface area contributed by atoms with Gasteiger partial charge < -0.3 is 60.0 Å². The second kappa shape index (κ2) is 39.0. The van der Waals surface area contributed by atoms with Crippen LogP contribution < -0.4 is 16.0 Å². The molecule has 1 aromatic carbocycles. The first-order chi connectivity index (χ1) is 47.8. The zero-order chi connectivity index (χ0) is 74.6. The molecule has 3 saturated heterocycles. The van der Waals surface area contributed by atoms with Gasteiger partial charge in [-0.15, -0.1) is 0 Å². The fraction of sp³-hybridized carbons (Fsp3) is 0.753. The maximum absolute atomic E-state index is 15.4. The van der Waals surface area contributed by atoms with E-state index in [1.54, 1.807) is 25.8 Å². The number of alkyl halides is 3. The summed E-state index contributed by atoms with van der Waals surface area (Å²) >= 11 is 6.13. The lowest BCUT2D eigenvalue weighted by Gasteiger charge is -2.41. The van der Waals surface area contributed by atoms with Gasteiger partial charge >= 0.3 is 6.18 Å². The molecule has 3 aliphatic heterocycles. The van der Waals surface area contributed by atoms with E-state index in [1.165, 1.54) is 70.7 Å². The molecular weight excluding hydrogens is 1330 g/mol. The first-order valence-corrected chi connectivity index (χ1v) is 37.3. The summed E-state index contributed by atoms with van der Waals surface area (Å²) in [4.78, 5) is 188. The summed E-state index contributed by atoms with van der Waals surface area (Å²) in [6.07, 6.45) is 7.19. The van der Waals surface area contributed by atoms with Gasteiger partial charge in [-0.1, -0.05) is 103 Å². The first kappa shape index (κ1) is 82.9. The van der Waals surface area contributed by atoms with Gasteiger partial charge in [-0.3, -0.25) is 57.5 Å². The minimum atomic E-state index is -4.74. The Kier molecular flexibility index (Phi) is 32.0. The standard InChI is InChI=1S/C73H114ClF3N12O12/c1-12-48(5)64-71(100)82(7)45-62(93)81(6)46-63(94)84(9)57(42-49-26-17-14-18-27-49)69(98)87(13-2)44-59(90)79-54(35-33-50-32-34-52(53(74)41-50)73(75,76)77)68(97)89-39-25-30-55(89)66(95)78-36-22-21-31-60(91)86(11)65(51-28-19-15-20-29-51)72(101)85(10)58(70(99)88-37-23-16-24-38-88)43-61(92)83(8)56(40-47(3)4)67(96)80-64/h32,34,41,47-49,51,54-58,64-65H,12-31,33,35-40,42-46H2,1-11H3,(H,78,95)(H,79,90)(H,80,96)/t48-,54-,55-,56-,57-,58-,64?,65-/m0/s1. The summed E-state index contributed by atoms with van der Waals surface area (Å²) in [6, 6.07) is -4.92. The van der Waals surface area contributed by atoms with Crippen molar-refractivity contribution in [3.8, 4) is 0 Å². The van der Waals surface area contributed by atoms with Gasteiger partial charge in [-0.05, 0) is 132 Å². The quantitative estimate of drug-likeness (QED) is 0.198. The van der Waals surface area contributed by atoms with Crippen LogP contribution in [0.1, 0.15) is 193 Å². The molecule has 2 saturated carbocycles. The van der Waals surface area contributed by atoms with Crippen molar-refractivity contribution in [2.45, 2.75) is 237 Å². The number of amides is 12. The summed E-state index contributed by atoms with van der Waals surface area (Å²) in [5, 5.41) is 8.05. The number of rotatable bonds is 12. The topological polar surface area (TPSA) is 270 Å². The third-order valence-corrected chi connectivity index (χ3v) is 21.9. The first-order valence-electron chi connectivity index (χ1n) is 36.9. The molecular formula is C73H114ClF3N12O12. The number of likely N-dealkylation sites (N-methyl/N-ethyl adjacent to an activating group) is 7. The van der Waals surface area contributed by atoms with E-state index in [2.05, 4.69) is 16.0 Å². The van der Waals surface area contributed by atoms with Crippen LogP contribution in [0.3, 0.4) is 0 Å². The smallest absolute Gasteiger partial charge is 0.354 e. The Morgan fingerprint density at radius 2 is 1.24 bits per heavy atom. The maximum Gasteiger partial charge on any atom is 0.417 e. The number of hydrogen-bond donors (Lipinski definition) is 3. The van der Waals surface area contributed by atoms with Crippen LogP contribution in [0.4, 0.5) is 13.2 Å². The number of fused-ring (bicyclic) bond motifs is 1. The molecule has 0 radical (unpaired) electrons. The molecule has 3 N–H and O–H groups in total. The zero-order valence-corrected chi connectivity index (χ0v) is 62.4. The van der Waals surface area contributed by atoms with Crippen LogP contribution >= 0.6 is 11.6 Å². The van der Waals surface area contributed by atoms with Gasteiger partial charge in [-0.25, -0.2) is 0 Å². The normalized spacial score (nSPS) is 26.0. The van der Waals surface area contributed by atoms with Crippen molar-refractivity contribution in [2.24, 2.45) is 23.7 Å². The minimum absolute atomic E-state index is 0.0127. The van der Waals surface area contributed by atoms with E-state index in [-0.39, 0.29) is 88.2 Å².